The molecule has 8 nitrogen and oxygen atoms in total. The Morgan fingerprint density at radius 2 is 1.57 bits per heavy atom. The highest BCUT2D eigenvalue weighted by molar-refractivity contribution is 6.00. The Morgan fingerprint density at radius 3 is 2.31 bits per heavy atom. The molecule has 174 valence electrons. The fourth-order valence-corrected chi connectivity index (χ4v) is 3.44. The molecule has 0 saturated carbocycles. The second-order valence-electron chi connectivity index (χ2n) is 7.49. The van der Waals surface area contributed by atoms with Crippen LogP contribution in [0.2, 0.25) is 0 Å². The summed E-state index contributed by atoms with van der Waals surface area (Å²) in [5, 5.41) is 18.0. The van der Waals surface area contributed by atoms with E-state index in [2.05, 4.69) is 30.9 Å². The molecule has 0 spiro atoms. The van der Waals surface area contributed by atoms with E-state index < -0.39 is 17.8 Å². The molecule has 5 aromatic rings. The van der Waals surface area contributed by atoms with Gasteiger partial charge in [0.1, 0.15) is 0 Å². The van der Waals surface area contributed by atoms with E-state index >= 15 is 0 Å². The van der Waals surface area contributed by atoms with E-state index in [0.29, 0.717) is 28.4 Å². The van der Waals surface area contributed by atoms with Crippen LogP contribution >= 0.6 is 0 Å². The zero-order valence-electron chi connectivity index (χ0n) is 17.9. The van der Waals surface area contributed by atoms with Gasteiger partial charge in [-0.05, 0) is 54.6 Å². The second kappa shape index (κ2) is 8.86. The van der Waals surface area contributed by atoms with Gasteiger partial charge in [0, 0.05) is 34.9 Å². The summed E-state index contributed by atoms with van der Waals surface area (Å²) in [5.41, 5.74) is 2.23. The predicted molar refractivity (Wildman–Crippen MR) is 124 cm³/mol. The van der Waals surface area contributed by atoms with Gasteiger partial charge in [-0.3, -0.25) is 4.98 Å². The number of pyridine rings is 1. The molecule has 11 heteroatoms. The number of halogens is 3. The summed E-state index contributed by atoms with van der Waals surface area (Å²) in [5.74, 6) is 0.532. The van der Waals surface area contributed by atoms with Crippen molar-refractivity contribution in [3.8, 4) is 22.6 Å². The molecule has 0 radical (unpaired) electrons. The second-order valence-corrected chi connectivity index (χ2v) is 7.49. The number of anilines is 2. The quantitative estimate of drug-likeness (QED) is 0.357. The first-order valence-corrected chi connectivity index (χ1v) is 10.4. The molecule has 0 saturated heterocycles. The molecule has 35 heavy (non-hydrogen) atoms. The third kappa shape index (κ3) is 4.78. The largest absolute Gasteiger partial charge is 0.416 e. The van der Waals surface area contributed by atoms with Crippen molar-refractivity contribution in [3.63, 3.8) is 0 Å². The molecule has 5 rings (SSSR count). The van der Waals surface area contributed by atoms with E-state index in [0.717, 1.165) is 17.7 Å². The zero-order chi connectivity index (χ0) is 24.4. The predicted octanol–water partition coefficient (Wildman–Crippen LogP) is 5.52. The molecule has 2 aromatic carbocycles. The van der Waals surface area contributed by atoms with Gasteiger partial charge >= 0.3 is 12.2 Å². The maximum absolute atomic E-state index is 12.9. The lowest BCUT2D eigenvalue weighted by atomic mass is 10.1. The number of amides is 2. The Hall–Kier alpha value is -4.80. The average Bonchev–Trinajstić information content (AvgIpc) is 3.28. The van der Waals surface area contributed by atoms with Crippen LogP contribution in [0.4, 0.5) is 29.3 Å². The number of nitrogens with zero attached hydrogens (tertiary/aromatic N) is 5. The van der Waals surface area contributed by atoms with Crippen molar-refractivity contribution in [3.05, 3.63) is 90.8 Å². The molecule has 0 aliphatic carbocycles. The van der Waals surface area contributed by atoms with Crippen LogP contribution in [0.1, 0.15) is 5.56 Å². The summed E-state index contributed by atoms with van der Waals surface area (Å²) >= 11 is 0. The van der Waals surface area contributed by atoms with Crippen molar-refractivity contribution in [2.24, 2.45) is 0 Å². The summed E-state index contributed by atoms with van der Waals surface area (Å²) in [6.07, 6.45) is -1.18. The van der Waals surface area contributed by atoms with Crippen LogP contribution in [-0.4, -0.2) is 30.8 Å². The van der Waals surface area contributed by atoms with E-state index in [9.17, 15) is 18.0 Å². The smallest absolute Gasteiger partial charge is 0.308 e. The van der Waals surface area contributed by atoms with Gasteiger partial charge in [-0.2, -0.15) is 22.8 Å². The number of fused-ring (bicyclic) bond motifs is 1. The minimum absolute atomic E-state index is 0.0242. The monoisotopic (exact) mass is 475 g/mol. The van der Waals surface area contributed by atoms with Crippen LogP contribution in [0.15, 0.2) is 85.2 Å². The van der Waals surface area contributed by atoms with Crippen LogP contribution in [0.25, 0.3) is 28.3 Å². The molecule has 3 heterocycles. The Labute approximate surface area is 196 Å². The van der Waals surface area contributed by atoms with Crippen molar-refractivity contribution >= 4 is 23.1 Å². The molecule has 2 N–H and O–H groups in total. The van der Waals surface area contributed by atoms with Crippen molar-refractivity contribution in [1.82, 2.24) is 24.8 Å². The first-order valence-electron chi connectivity index (χ1n) is 10.4. The number of alkyl halides is 3. The van der Waals surface area contributed by atoms with Gasteiger partial charge < -0.3 is 10.6 Å². The van der Waals surface area contributed by atoms with Gasteiger partial charge in [0.25, 0.3) is 0 Å². The Bertz CT molecular complexity index is 1520. The minimum Gasteiger partial charge on any atom is -0.308 e. The molecule has 0 bridgehead atoms. The summed E-state index contributed by atoms with van der Waals surface area (Å²) in [6, 6.07) is 17.8. The van der Waals surface area contributed by atoms with Crippen molar-refractivity contribution in [1.29, 1.82) is 0 Å². The van der Waals surface area contributed by atoms with Crippen LogP contribution in [0, 0.1) is 0 Å². The number of carbonyl (C=O) groups is 1. The van der Waals surface area contributed by atoms with Crippen molar-refractivity contribution in [2.45, 2.75) is 6.18 Å². The summed E-state index contributed by atoms with van der Waals surface area (Å²) in [7, 11) is 0. The molecule has 3 aromatic heterocycles. The maximum Gasteiger partial charge on any atom is 0.416 e. The molecule has 2 amide bonds. The number of carbonyl (C=O) groups excluding carboxylic acids is 1. The van der Waals surface area contributed by atoms with Gasteiger partial charge in [0.05, 0.1) is 11.3 Å². The van der Waals surface area contributed by atoms with Crippen LogP contribution < -0.4 is 10.6 Å². The first-order chi connectivity index (χ1) is 16.9. The Kier molecular flexibility index (Phi) is 5.57. The Morgan fingerprint density at radius 1 is 0.829 bits per heavy atom. The lowest BCUT2D eigenvalue weighted by Crippen LogP contribution is -2.19. The first kappa shape index (κ1) is 22.0. The fourth-order valence-electron chi connectivity index (χ4n) is 3.44. The van der Waals surface area contributed by atoms with Crippen LogP contribution in [-0.2, 0) is 6.18 Å². The molecule has 0 atom stereocenters. The highest BCUT2D eigenvalue weighted by Gasteiger charge is 2.30. The SMILES string of the molecule is O=C(Nc1cccc(-c2ccc3nnc(-c4cccnc4)n3n2)c1)Nc1cccc(C(F)(F)F)c1. The minimum atomic E-state index is -4.50. The van der Waals surface area contributed by atoms with E-state index in [-0.39, 0.29) is 5.69 Å². The topological polar surface area (TPSA) is 97.1 Å². The summed E-state index contributed by atoms with van der Waals surface area (Å²) in [6.45, 7) is 0. The molecular formula is C24H16F3N7O. The summed E-state index contributed by atoms with van der Waals surface area (Å²) < 4.78 is 40.3. The maximum atomic E-state index is 12.9. The normalized spacial score (nSPS) is 11.4. The van der Waals surface area contributed by atoms with Gasteiger partial charge in [-0.1, -0.05) is 18.2 Å². The Balaban J connectivity index is 1.37. The van der Waals surface area contributed by atoms with E-state index in [1.807, 2.05) is 12.1 Å². The number of hydrogen-bond acceptors (Lipinski definition) is 5. The lowest BCUT2D eigenvalue weighted by molar-refractivity contribution is -0.137. The van der Waals surface area contributed by atoms with Gasteiger partial charge in [-0.15, -0.1) is 10.2 Å². The number of hydrogen-bond donors (Lipinski definition) is 2. The van der Waals surface area contributed by atoms with Crippen LogP contribution in [0.5, 0.6) is 0 Å². The number of aromatic nitrogens is 5. The average molecular weight is 475 g/mol. The van der Waals surface area contributed by atoms with E-state index in [1.54, 1.807) is 53.3 Å². The summed E-state index contributed by atoms with van der Waals surface area (Å²) in [4.78, 5) is 16.5. The third-order valence-corrected chi connectivity index (χ3v) is 5.05. The zero-order valence-corrected chi connectivity index (χ0v) is 17.9. The van der Waals surface area contributed by atoms with Crippen molar-refractivity contribution < 1.29 is 18.0 Å². The highest BCUT2D eigenvalue weighted by atomic mass is 19.4. The fraction of sp³-hybridized carbons (Fsp3) is 0.0417. The standard InChI is InChI=1S/C24H16F3N7O/c25-24(26,27)17-6-2-8-19(13-17)30-23(35)29-18-7-1-4-15(12-18)20-9-10-21-31-32-22(34(21)33-20)16-5-3-11-28-14-16/h1-14H,(H2,29,30,35). The number of nitrogens with one attached hydrogen (secondary N) is 2. The van der Waals surface area contributed by atoms with Crippen molar-refractivity contribution in [2.75, 3.05) is 10.6 Å². The molecule has 0 fully saturated rings. The number of rotatable bonds is 4. The van der Waals surface area contributed by atoms with E-state index in [4.69, 9.17) is 0 Å². The van der Waals surface area contributed by atoms with Gasteiger partial charge in [-0.25, -0.2) is 4.79 Å². The molecular weight excluding hydrogens is 459 g/mol. The third-order valence-electron chi connectivity index (χ3n) is 5.05. The van der Waals surface area contributed by atoms with Crippen LogP contribution in [0.3, 0.4) is 0 Å². The van der Waals surface area contributed by atoms with Gasteiger partial charge in [0.2, 0.25) is 0 Å². The number of urea groups is 1. The number of benzene rings is 2. The van der Waals surface area contributed by atoms with E-state index in [1.165, 1.54) is 12.1 Å². The molecule has 0 unspecified atom stereocenters. The lowest BCUT2D eigenvalue weighted by Gasteiger charge is -2.11. The highest BCUT2D eigenvalue weighted by Crippen LogP contribution is 2.30. The molecule has 0 aliphatic heterocycles. The molecule has 0 aliphatic rings. The van der Waals surface area contributed by atoms with Gasteiger partial charge in [0.15, 0.2) is 11.5 Å².